The van der Waals surface area contributed by atoms with E-state index in [-0.39, 0.29) is 37.2 Å². The number of nitrogen functional groups attached to an aromatic ring is 2. The first kappa shape index (κ1) is 31.8. The predicted molar refractivity (Wildman–Crippen MR) is 185 cm³/mol. The Morgan fingerprint density at radius 2 is 0.854 bits per heavy atom. The highest BCUT2D eigenvalue weighted by Gasteiger charge is 2.10. The number of rotatable bonds is 9. The summed E-state index contributed by atoms with van der Waals surface area (Å²) in [4.78, 5) is 9.61. The van der Waals surface area contributed by atoms with E-state index in [1.165, 1.54) is 0 Å². The molecule has 0 spiro atoms. The second kappa shape index (κ2) is 14.3. The molecule has 9 heteroatoms. The Balaban J connectivity index is 0.00000154. The molecule has 2 aromatic heterocycles. The standard InChI is InChI=1S/C32H32N6.3ClH/c33-21-13-15-25-29(19-21)37-27-11-5-3-9-23(27)31(25)35-17-7-1-2-8-18-36-32-24-10-4-6-12-28(24)38-30-20-22(34)14-16-26(30)32;;;/h3-6,9-16,19-20H,1-2,7-8,17-18,33-34H2,(H,35,37)(H,36,38);3*1H. The van der Waals surface area contributed by atoms with Gasteiger partial charge in [-0.1, -0.05) is 49.2 Å². The van der Waals surface area contributed by atoms with Gasteiger partial charge in [-0.15, -0.1) is 37.2 Å². The Morgan fingerprint density at radius 1 is 0.463 bits per heavy atom. The summed E-state index contributed by atoms with van der Waals surface area (Å²) < 4.78 is 0. The van der Waals surface area contributed by atoms with E-state index in [0.29, 0.717) is 0 Å². The average Bonchev–Trinajstić information content (AvgIpc) is 2.93. The third kappa shape index (κ3) is 6.79. The third-order valence-corrected chi connectivity index (χ3v) is 7.12. The van der Waals surface area contributed by atoms with Crippen LogP contribution >= 0.6 is 37.2 Å². The summed E-state index contributed by atoms with van der Waals surface area (Å²) in [6.45, 7) is 1.84. The van der Waals surface area contributed by atoms with E-state index < -0.39 is 0 Å². The number of hydrogen-bond acceptors (Lipinski definition) is 6. The Labute approximate surface area is 258 Å². The van der Waals surface area contributed by atoms with Crippen LogP contribution in [0.5, 0.6) is 0 Å². The maximum atomic E-state index is 6.02. The summed E-state index contributed by atoms with van der Waals surface area (Å²) in [7, 11) is 0. The molecule has 0 radical (unpaired) electrons. The zero-order valence-corrected chi connectivity index (χ0v) is 25.0. The number of nitrogens with two attached hydrogens (primary N) is 2. The SMILES string of the molecule is Cl.Cl.Cl.Nc1ccc2c(NCCCCCCNc3c4ccccc4nc4cc(N)ccc34)c3ccccc3nc2c1. The van der Waals surface area contributed by atoms with E-state index in [1.54, 1.807) is 0 Å². The normalized spacial score (nSPS) is 10.6. The molecule has 0 atom stereocenters. The second-order valence-electron chi connectivity index (χ2n) is 9.83. The third-order valence-electron chi connectivity index (χ3n) is 7.12. The number of aromatic nitrogens is 2. The molecule has 4 aromatic carbocycles. The molecular weight excluding hydrogens is 575 g/mol. The number of para-hydroxylation sites is 2. The molecule has 6 aromatic rings. The molecular formula is C32H35Cl3N6. The van der Waals surface area contributed by atoms with Gasteiger partial charge in [0, 0.05) is 46.0 Å². The summed E-state index contributed by atoms with van der Waals surface area (Å²) in [6.07, 6.45) is 4.54. The summed E-state index contributed by atoms with van der Waals surface area (Å²) in [5, 5.41) is 11.9. The molecule has 6 N–H and O–H groups in total. The maximum Gasteiger partial charge on any atom is 0.0751 e. The molecule has 0 aliphatic carbocycles. The fourth-order valence-electron chi connectivity index (χ4n) is 5.23. The molecule has 0 aliphatic heterocycles. The van der Waals surface area contributed by atoms with Crippen LogP contribution in [-0.2, 0) is 0 Å². The molecule has 0 amide bonds. The van der Waals surface area contributed by atoms with Crippen LogP contribution in [0.4, 0.5) is 22.7 Å². The lowest BCUT2D eigenvalue weighted by Crippen LogP contribution is -2.05. The number of fused-ring (bicyclic) bond motifs is 4. The molecule has 0 fully saturated rings. The zero-order chi connectivity index (χ0) is 25.9. The van der Waals surface area contributed by atoms with Crippen LogP contribution < -0.4 is 22.1 Å². The first-order valence-corrected chi connectivity index (χ1v) is 13.3. The zero-order valence-electron chi connectivity index (χ0n) is 22.6. The summed E-state index contributed by atoms with van der Waals surface area (Å²) >= 11 is 0. The van der Waals surface area contributed by atoms with Crippen molar-refractivity contribution in [1.29, 1.82) is 0 Å². The molecule has 6 rings (SSSR count). The molecule has 41 heavy (non-hydrogen) atoms. The summed E-state index contributed by atoms with van der Waals surface area (Å²) in [5.74, 6) is 0. The summed E-state index contributed by atoms with van der Waals surface area (Å²) in [6, 6.07) is 28.5. The van der Waals surface area contributed by atoms with Crippen molar-refractivity contribution in [3.8, 4) is 0 Å². The number of pyridine rings is 2. The number of nitrogens with one attached hydrogen (secondary N) is 2. The van der Waals surface area contributed by atoms with Gasteiger partial charge in [-0.2, -0.15) is 0 Å². The second-order valence-corrected chi connectivity index (χ2v) is 9.83. The van der Waals surface area contributed by atoms with Crippen LogP contribution in [-0.4, -0.2) is 23.1 Å². The van der Waals surface area contributed by atoms with Crippen molar-refractivity contribution in [1.82, 2.24) is 9.97 Å². The van der Waals surface area contributed by atoms with Crippen molar-refractivity contribution < 1.29 is 0 Å². The van der Waals surface area contributed by atoms with Gasteiger partial charge >= 0.3 is 0 Å². The van der Waals surface area contributed by atoms with Gasteiger partial charge in [0.25, 0.3) is 0 Å². The highest BCUT2D eigenvalue weighted by atomic mass is 35.5. The summed E-state index contributed by atoms with van der Waals surface area (Å²) in [5.41, 5.74) is 19.6. The van der Waals surface area contributed by atoms with Crippen LogP contribution in [0, 0.1) is 0 Å². The number of benzene rings is 4. The average molecular weight is 610 g/mol. The Bertz CT molecular complexity index is 1650. The number of halogens is 3. The van der Waals surface area contributed by atoms with Gasteiger partial charge < -0.3 is 22.1 Å². The minimum absolute atomic E-state index is 0. The highest BCUT2D eigenvalue weighted by Crippen LogP contribution is 2.33. The fourth-order valence-corrected chi connectivity index (χ4v) is 5.23. The molecule has 214 valence electrons. The lowest BCUT2D eigenvalue weighted by atomic mass is 10.1. The van der Waals surface area contributed by atoms with E-state index in [1.807, 2.05) is 36.4 Å². The van der Waals surface area contributed by atoms with Gasteiger partial charge in [-0.25, -0.2) is 9.97 Å². The number of hydrogen-bond donors (Lipinski definition) is 4. The van der Waals surface area contributed by atoms with E-state index in [0.717, 1.165) is 105 Å². The van der Waals surface area contributed by atoms with Crippen LogP contribution in [0.3, 0.4) is 0 Å². The van der Waals surface area contributed by atoms with Crippen LogP contribution in [0.1, 0.15) is 25.7 Å². The van der Waals surface area contributed by atoms with Crippen LogP contribution in [0.15, 0.2) is 84.9 Å². The lowest BCUT2D eigenvalue weighted by molar-refractivity contribution is 0.671. The molecule has 0 bridgehead atoms. The Hall–Kier alpha value is -3.71. The van der Waals surface area contributed by atoms with Gasteiger partial charge in [-0.05, 0) is 61.4 Å². The van der Waals surface area contributed by atoms with E-state index in [4.69, 9.17) is 21.4 Å². The Morgan fingerprint density at radius 3 is 1.29 bits per heavy atom. The van der Waals surface area contributed by atoms with Gasteiger partial charge in [-0.3, -0.25) is 0 Å². The van der Waals surface area contributed by atoms with Crippen LogP contribution in [0.25, 0.3) is 43.6 Å². The van der Waals surface area contributed by atoms with Crippen molar-refractivity contribution >= 4 is 104 Å². The fraction of sp³-hybridized carbons (Fsp3) is 0.188. The van der Waals surface area contributed by atoms with Gasteiger partial charge in [0.1, 0.15) is 0 Å². The van der Waals surface area contributed by atoms with Crippen molar-refractivity contribution in [3.05, 3.63) is 84.9 Å². The molecule has 6 nitrogen and oxygen atoms in total. The first-order valence-electron chi connectivity index (χ1n) is 13.3. The van der Waals surface area contributed by atoms with Crippen molar-refractivity contribution in [3.63, 3.8) is 0 Å². The van der Waals surface area contributed by atoms with Crippen molar-refractivity contribution in [2.75, 3.05) is 35.2 Å². The topological polar surface area (TPSA) is 102 Å². The van der Waals surface area contributed by atoms with Crippen LogP contribution in [0.2, 0.25) is 0 Å². The quantitative estimate of drug-likeness (QED) is 0.0744. The van der Waals surface area contributed by atoms with Crippen molar-refractivity contribution in [2.24, 2.45) is 0 Å². The number of unbranched alkanes of at least 4 members (excludes halogenated alkanes) is 3. The predicted octanol–water partition coefficient (Wildman–Crippen LogP) is 8.60. The molecule has 0 aliphatic rings. The van der Waals surface area contributed by atoms with E-state index in [2.05, 4.69) is 59.2 Å². The van der Waals surface area contributed by atoms with Gasteiger partial charge in [0.15, 0.2) is 0 Å². The number of anilines is 4. The first-order chi connectivity index (χ1) is 18.7. The molecule has 0 saturated heterocycles. The minimum Gasteiger partial charge on any atom is -0.399 e. The lowest BCUT2D eigenvalue weighted by Gasteiger charge is -2.14. The molecule has 2 heterocycles. The van der Waals surface area contributed by atoms with Crippen molar-refractivity contribution in [2.45, 2.75) is 25.7 Å². The van der Waals surface area contributed by atoms with E-state index in [9.17, 15) is 0 Å². The smallest absolute Gasteiger partial charge is 0.0751 e. The largest absolute Gasteiger partial charge is 0.399 e. The minimum atomic E-state index is 0. The van der Waals surface area contributed by atoms with E-state index >= 15 is 0 Å². The maximum absolute atomic E-state index is 6.02. The van der Waals surface area contributed by atoms with Gasteiger partial charge in [0.2, 0.25) is 0 Å². The molecule has 0 saturated carbocycles. The molecule has 0 unspecified atom stereocenters. The van der Waals surface area contributed by atoms with Gasteiger partial charge in [0.05, 0.1) is 33.4 Å². The highest BCUT2D eigenvalue weighted by molar-refractivity contribution is 6.09. The monoisotopic (exact) mass is 608 g/mol. The number of nitrogens with zero attached hydrogens (tertiary/aromatic N) is 2. The Kier molecular flexibility index (Phi) is 11.1.